The molecule has 0 bridgehead atoms. The minimum atomic E-state index is 0.0604. The van der Waals surface area contributed by atoms with Crippen molar-refractivity contribution in [2.45, 2.75) is 19.6 Å². The summed E-state index contributed by atoms with van der Waals surface area (Å²) in [5, 5.41) is 13.2. The first-order valence-corrected chi connectivity index (χ1v) is 6.28. The Morgan fingerprint density at radius 3 is 2.56 bits per heavy atom. The van der Waals surface area contributed by atoms with Gasteiger partial charge < -0.3 is 10.4 Å². The summed E-state index contributed by atoms with van der Waals surface area (Å²) in [6, 6.07) is 15.8. The molecule has 1 atom stereocenters. The van der Waals surface area contributed by atoms with E-state index < -0.39 is 0 Å². The SMILES string of the molecule is CC(Nc1cccc(CO)c1)c1ccc(Cl)cc1. The van der Waals surface area contributed by atoms with Crippen molar-refractivity contribution in [3.05, 3.63) is 64.7 Å². The van der Waals surface area contributed by atoms with E-state index >= 15 is 0 Å². The van der Waals surface area contributed by atoms with Crippen molar-refractivity contribution in [3.63, 3.8) is 0 Å². The van der Waals surface area contributed by atoms with Gasteiger partial charge in [-0.05, 0) is 42.3 Å². The van der Waals surface area contributed by atoms with E-state index in [0.29, 0.717) is 0 Å². The molecule has 0 aliphatic carbocycles. The van der Waals surface area contributed by atoms with E-state index in [-0.39, 0.29) is 12.6 Å². The van der Waals surface area contributed by atoms with Crippen LogP contribution in [-0.2, 0) is 6.61 Å². The Labute approximate surface area is 112 Å². The second-order valence-electron chi connectivity index (χ2n) is 4.28. The highest BCUT2D eigenvalue weighted by Gasteiger charge is 2.05. The third kappa shape index (κ3) is 3.25. The van der Waals surface area contributed by atoms with Crippen LogP contribution in [0.25, 0.3) is 0 Å². The van der Waals surface area contributed by atoms with Crippen LogP contribution < -0.4 is 5.32 Å². The molecule has 0 amide bonds. The standard InChI is InChI=1S/C15H16ClNO/c1-11(13-5-7-14(16)8-6-13)17-15-4-2-3-12(9-15)10-18/h2-9,11,17-18H,10H2,1H3. The zero-order valence-electron chi connectivity index (χ0n) is 10.2. The number of halogens is 1. The molecule has 0 saturated heterocycles. The smallest absolute Gasteiger partial charge is 0.0682 e. The maximum Gasteiger partial charge on any atom is 0.0682 e. The predicted octanol–water partition coefficient (Wildman–Crippen LogP) is 4.01. The first kappa shape index (κ1) is 12.9. The fraction of sp³-hybridized carbons (Fsp3) is 0.200. The normalized spacial score (nSPS) is 12.2. The molecule has 0 heterocycles. The molecule has 0 aliphatic rings. The second kappa shape index (κ2) is 5.89. The zero-order chi connectivity index (χ0) is 13.0. The molecule has 0 aliphatic heterocycles. The third-order valence-electron chi connectivity index (χ3n) is 2.86. The molecule has 2 aromatic rings. The topological polar surface area (TPSA) is 32.3 Å². The molecular formula is C15H16ClNO. The quantitative estimate of drug-likeness (QED) is 0.872. The van der Waals surface area contributed by atoms with Crippen LogP contribution in [0.4, 0.5) is 5.69 Å². The van der Waals surface area contributed by atoms with Crippen molar-refractivity contribution in [1.82, 2.24) is 0 Å². The highest BCUT2D eigenvalue weighted by Crippen LogP contribution is 2.21. The van der Waals surface area contributed by atoms with Crippen LogP contribution >= 0.6 is 11.6 Å². The first-order valence-electron chi connectivity index (χ1n) is 5.91. The van der Waals surface area contributed by atoms with E-state index in [4.69, 9.17) is 16.7 Å². The van der Waals surface area contributed by atoms with Crippen molar-refractivity contribution in [2.24, 2.45) is 0 Å². The zero-order valence-corrected chi connectivity index (χ0v) is 11.0. The van der Waals surface area contributed by atoms with Gasteiger partial charge in [0, 0.05) is 16.8 Å². The lowest BCUT2D eigenvalue weighted by molar-refractivity contribution is 0.282. The highest BCUT2D eigenvalue weighted by molar-refractivity contribution is 6.30. The van der Waals surface area contributed by atoms with Gasteiger partial charge in [-0.3, -0.25) is 0 Å². The largest absolute Gasteiger partial charge is 0.392 e. The maximum absolute atomic E-state index is 9.10. The van der Waals surface area contributed by atoms with E-state index in [2.05, 4.69) is 12.2 Å². The maximum atomic E-state index is 9.10. The molecule has 94 valence electrons. The van der Waals surface area contributed by atoms with Crippen molar-refractivity contribution in [2.75, 3.05) is 5.32 Å². The molecule has 2 nitrogen and oxygen atoms in total. The monoisotopic (exact) mass is 261 g/mol. The lowest BCUT2D eigenvalue weighted by atomic mass is 10.1. The van der Waals surface area contributed by atoms with Crippen LogP contribution in [0.15, 0.2) is 48.5 Å². The molecule has 0 fully saturated rings. The van der Waals surface area contributed by atoms with Crippen LogP contribution in [0.2, 0.25) is 5.02 Å². The molecule has 0 spiro atoms. The van der Waals surface area contributed by atoms with Gasteiger partial charge in [0.05, 0.1) is 6.61 Å². The Morgan fingerprint density at radius 2 is 1.89 bits per heavy atom. The molecule has 18 heavy (non-hydrogen) atoms. The van der Waals surface area contributed by atoms with Crippen molar-refractivity contribution >= 4 is 17.3 Å². The van der Waals surface area contributed by atoms with Crippen LogP contribution in [0.3, 0.4) is 0 Å². The molecule has 0 aromatic heterocycles. The Bertz CT molecular complexity index is 510. The van der Waals surface area contributed by atoms with E-state index in [1.54, 1.807) is 0 Å². The van der Waals surface area contributed by atoms with Gasteiger partial charge in [0.25, 0.3) is 0 Å². The number of aliphatic hydroxyl groups excluding tert-OH is 1. The van der Waals surface area contributed by atoms with Gasteiger partial charge in [0.1, 0.15) is 0 Å². The Kier molecular flexibility index (Phi) is 4.24. The average molecular weight is 262 g/mol. The Hall–Kier alpha value is -1.51. The molecule has 0 radical (unpaired) electrons. The first-order chi connectivity index (χ1) is 8.69. The highest BCUT2D eigenvalue weighted by atomic mass is 35.5. The minimum Gasteiger partial charge on any atom is -0.392 e. The number of hydrogen-bond donors (Lipinski definition) is 2. The summed E-state index contributed by atoms with van der Waals surface area (Å²) in [5.74, 6) is 0. The second-order valence-corrected chi connectivity index (χ2v) is 4.71. The minimum absolute atomic E-state index is 0.0604. The van der Waals surface area contributed by atoms with Crippen LogP contribution in [0, 0.1) is 0 Å². The summed E-state index contributed by atoms with van der Waals surface area (Å²) < 4.78 is 0. The van der Waals surface area contributed by atoms with Crippen LogP contribution in [0.1, 0.15) is 24.1 Å². The van der Waals surface area contributed by atoms with Crippen LogP contribution in [0.5, 0.6) is 0 Å². The number of nitrogens with one attached hydrogen (secondary N) is 1. The molecule has 2 N–H and O–H groups in total. The molecule has 1 unspecified atom stereocenters. The average Bonchev–Trinajstić information content (AvgIpc) is 2.39. The van der Waals surface area contributed by atoms with Gasteiger partial charge in [-0.2, -0.15) is 0 Å². The number of benzene rings is 2. The fourth-order valence-corrected chi connectivity index (χ4v) is 1.97. The summed E-state index contributed by atoms with van der Waals surface area (Å²) in [4.78, 5) is 0. The molecule has 2 aromatic carbocycles. The lowest BCUT2D eigenvalue weighted by Gasteiger charge is -2.16. The molecular weight excluding hydrogens is 246 g/mol. The number of hydrogen-bond acceptors (Lipinski definition) is 2. The van der Waals surface area contributed by atoms with Gasteiger partial charge in [-0.15, -0.1) is 0 Å². The fourth-order valence-electron chi connectivity index (χ4n) is 1.84. The van der Waals surface area contributed by atoms with Crippen molar-refractivity contribution in [1.29, 1.82) is 0 Å². The van der Waals surface area contributed by atoms with Crippen molar-refractivity contribution in [3.8, 4) is 0 Å². The molecule has 0 saturated carbocycles. The predicted molar refractivity (Wildman–Crippen MR) is 75.9 cm³/mol. The van der Waals surface area contributed by atoms with Crippen LogP contribution in [-0.4, -0.2) is 5.11 Å². The Balaban J connectivity index is 2.10. The summed E-state index contributed by atoms with van der Waals surface area (Å²) in [5.41, 5.74) is 3.08. The molecule has 2 rings (SSSR count). The van der Waals surface area contributed by atoms with E-state index in [1.807, 2.05) is 48.5 Å². The lowest BCUT2D eigenvalue weighted by Crippen LogP contribution is -2.06. The third-order valence-corrected chi connectivity index (χ3v) is 3.11. The van der Waals surface area contributed by atoms with Gasteiger partial charge in [-0.25, -0.2) is 0 Å². The van der Waals surface area contributed by atoms with E-state index in [1.165, 1.54) is 5.56 Å². The summed E-state index contributed by atoms with van der Waals surface area (Å²) in [7, 11) is 0. The van der Waals surface area contributed by atoms with Gasteiger partial charge in [0.15, 0.2) is 0 Å². The van der Waals surface area contributed by atoms with Crippen molar-refractivity contribution < 1.29 is 5.11 Å². The number of rotatable bonds is 4. The summed E-state index contributed by atoms with van der Waals surface area (Å²) in [6.45, 7) is 2.15. The summed E-state index contributed by atoms with van der Waals surface area (Å²) in [6.07, 6.45) is 0. The number of anilines is 1. The van der Waals surface area contributed by atoms with E-state index in [0.717, 1.165) is 16.3 Å². The van der Waals surface area contributed by atoms with Gasteiger partial charge in [-0.1, -0.05) is 35.9 Å². The van der Waals surface area contributed by atoms with Gasteiger partial charge in [0.2, 0.25) is 0 Å². The molecule has 3 heteroatoms. The van der Waals surface area contributed by atoms with Gasteiger partial charge >= 0.3 is 0 Å². The summed E-state index contributed by atoms with van der Waals surface area (Å²) >= 11 is 5.87. The Morgan fingerprint density at radius 1 is 1.17 bits per heavy atom. The van der Waals surface area contributed by atoms with E-state index in [9.17, 15) is 0 Å². The number of aliphatic hydroxyl groups is 1.